The number of ether oxygens (including phenoxy) is 1. The van der Waals surface area contributed by atoms with Gasteiger partial charge in [0, 0.05) is 13.1 Å². The van der Waals surface area contributed by atoms with Crippen LogP contribution in [0.15, 0.2) is 0 Å². The molecule has 0 aliphatic heterocycles. The van der Waals surface area contributed by atoms with E-state index in [9.17, 15) is 9.90 Å². The number of hydrogen-bond acceptors (Lipinski definition) is 4. The first-order chi connectivity index (χ1) is 7.52. The third-order valence-electron chi connectivity index (χ3n) is 2.86. The first-order valence-corrected chi connectivity index (χ1v) is 5.80. The van der Waals surface area contributed by atoms with Crippen LogP contribution in [0.25, 0.3) is 0 Å². The number of carboxylic acids is 1. The third-order valence-corrected chi connectivity index (χ3v) is 2.86. The van der Waals surface area contributed by atoms with Gasteiger partial charge in [-0.15, -0.1) is 0 Å². The van der Waals surface area contributed by atoms with Crippen molar-refractivity contribution in [2.45, 2.75) is 44.3 Å². The van der Waals surface area contributed by atoms with E-state index >= 15 is 0 Å². The molecule has 0 aromatic heterocycles. The van der Waals surface area contributed by atoms with Crippen LogP contribution in [0.4, 0.5) is 0 Å². The summed E-state index contributed by atoms with van der Waals surface area (Å²) in [7, 11) is 0. The van der Waals surface area contributed by atoms with Crippen LogP contribution in [0, 0.1) is 0 Å². The van der Waals surface area contributed by atoms with Gasteiger partial charge in [0.1, 0.15) is 0 Å². The summed E-state index contributed by atoms with van der Waals surface area (Å²) >= 11 is 0. The van der Waals surface area contributed by atoms with Crippen molar-refractivity contribution in [2.24, 2.45) is 0 Å². The van der Waals surface area contributed by atoms with Crippen LogP contribution < -0.4 is 5.32 Å². The fraction of sp³-hybridized carbons (Fsp3) is 0.909. The lowest BCUT2D eigenvalue weighted by molar-refractivity contribution is -0.156. The largest absolute Gasteiger partial charge is 0.479 e. The zero-order valence-corrected chi connectivity index (χ0v) is 9.74. The van der Waals surface area contributed by atoms with Crippen molar-refractivity contribution in [2.75, 3.05) is 19.7 Å². The molecule has 5 nitrogen and oxygen atoms in total. The van der Waals surface area contributed by atoms with E-state index in [1.807, 2.05) is 0 Å². The SMILES string of the molecule is CC(O)(CNCCOC1CCCC1)C(=O)O. The normalized spacial score (nSPS) is 20.9. The lowest BCUT2D eigenvalue weighted by Gasteiger charge is -2.18. The van der Waals surface area contributed by atoms with Gasteiger partial charge in [-0.25, -0.2) is 4.79 Å². The highest BCUT2D eigenvalue weighted by Gasteiger charge is 2.28. The van der Waals surface area contributed by atoms with E-state index in [0.29, 0.717) is 19.3 Å². The molecule has 0 saturated heterocycles. The Morgan fingerprint density at radius 3 is 2.69 bits per heavy atom. The predicted molar refractivity (Wildman–Crippen MR) is 59.3 cm³/mol. The van der Waals surface area contributed by atoms with Crippen molar-refractivity contribution in [3.05, 3.63) is 0 Å². The lowest BCUT2D eigenvalue weighted by atomic mass is 10.1. The van der Waals surface area contributed by atoms with E-state index in [2.05, 4.69) is 5.32 Å². The smallest absolute Gasteiger partial charge is 0.336 e. The fourth-order valence-electron chi connectivity index (χ4n) is 1.76. The molecule has 0 bridgehead atoms. The minimum atomic E-state index is -1.70. The van der Waals surface area contributed by atoms with Crippen LogP contribution in [-0.2, 0) is 9.53 Å². The summed E-state index contributed by atoms with van der Waals surface area (Å²) < 4.78 is 5.59. The maximum atomic E-state index is 10.6. The first kappa shape index (κ1) is 13.4. The average molecular weight is 231 g/mol. The highest BCUT2D eigenvalue weighted by molar-refractivity contribution is 5.76. The van der Waals surface area contributed by atoms with Crippen molar-refractivity contribution in [3.8, 4) is 0 Å². The van der Waals surface area contributed by atoms with Crippen LogP contribution in [-0.4, -0.2) is 47.6 Å². The minimum Gasteiger partial charge on any atom is -0.479 e. The van der Waals surface area contributed by atoms with Crippen LogP contribution in [0.2, 0.25) is 0 Å². The highest BCUT2D eigenvalue weighted by Crippen LogP contribution is 2.20. The van der Waals surface area contributed by atoms with Crippen molar-refractivity contribution < 1.29 is 19.7 Å². The Morgan fingerprint density at radius 1 is 1.50 bits per heavy atom. The zero-order chi connectivity index (χ0) is 12.0. The molecule has 0 spiro atoms. The summed E-state index contributed by atoms with van der Waals surface area (Å²) in [5.41, 5.74) is -1.70. The van der Waals surface area contributed by atoms with Crippen LogP contribution in [0.3, 0.4) is 0 Å². The molecule has 1 fully saturated rings. The standard InChI is InChI=1S/C11H21NO4/c1-11(15,10(13)14)8-12-6-7-16-9-4-2-3-5-9/h9,12,15H,2-8H2,1H3,(H,13,14). The van der Waals surface area contributed by atoms with Gasteiger partial charge in [0.15, 0.2) is 5.60 Å². The van der Waals surface area contributed by atoms with Gasteiger partial charge in [-0.05, 0) is 19.8 Å². The van der Waals surface area contributed by atoms with E-state index in [1.54, 1.807) is 0 Å². The number of rotatable bonds is 7. The van der Waals surface area contributed by atoms with Crippen molar-refractivity contribution >= 4 is 5.97 Å². The Balaban J connectivity index is 2.01. The molecule has 0 radical (unpaired) electrons. The third kappa shape index (κ3) is 4.47. The molecule has 1 aliphatic rings. The number of aliphatic hydroxyl groups is 1. The van der Waals surface area contributed by atoms with Crippen molar-refractivity contribution in [1.29, 1.82) is 0 Å². The van der Waals surface area contributed by atoms with E-state index < -0.39 is 11.6 Å². The number of carbonyl (C=O) groups is 1. The van der Waals surface area contributed by atoms with Gasteiger partial charge in [0.2, 0.25) is 0 Å². The molecule has 0 aromatic carbocycles. The maximum Gasteiger partial charge on any atom is 0.336 e. The second-order valence-electron chi connectivity index (χ2n) is 4.53. The molecule has 1 saturated carbocycles. The molecule has 3 N–H and O–H groups in total. The number of aliphatic carboxylic acids is 1. The summed E-state index contributed by atoms with van der Waals surface area (Å²) in [6.45, 7) is 2.46. The summed E-state index contributed by atoms with van der Waals surface area (Å²) in [5.74, 6) is -1.21. The zero-order valence-electron chi connectivity index (χ0n) is 9.74. The Labute approximate surface area is 95.8 Å². The van der Waals surface area contributed by atoms with E-state index in [0.717, 1.165) is 12.8 Å². The van der Waals surface area contributed by atoms with Gasteiger partial charge in [0.05, 0.1) is 12.7 Å². The summed E-state index contributed by atoms with van der Waals surface area (Å²) in [6.07, 6.45) is 5.12. The summed E-state index contributed by atoms with van der Waals surface area (Å²) in [5, 5.41) is 20.9. The Morgan fingerprint density at radius 2 is 2.12 bits per heavy atom. The molecule has 1 unspecified atom stereocenters. The van der Waals surface area contributed by atoms with E-state index in [-0.39, 0.29) is 6.54 Å². The number of carboxylic acid groups (broad SMARTS) is 1. The lowest BCUT2D eigenvalue weighted by Crippen LogP contribution is -2.45. The maximum absolute atomic E-state index is 10.6. The Kier molecular flexibility index (Phi) is 5.18. The van der Waals surface area contributed by atoms with Crippen LogP contribution in [0.1, 0.15) is 32.6 Å². The summed E-state index contributed by atoms with van der Waals surface area (Å²) in [6, 6.07) is 0. The van der Waals surface area contributed by atoms with Gasteiger partial charge >= 0.3 is 5.97 Å². The molecular weight excluding hydrogens is 210 g/mol. The molecule has 1 rings (SSSR count). The highest BCUT2D eigenvalue weighted by atomic mass is 16.5. The van der Waals surface area contributed by atoms with Gasteiger partial charge in [-0.3, -0.25) is 0 Å². The van der Waals surface area contributed by atoms with Gasteiger partial charge in [0.25, 0.3) is 0 Å². The molecule has 1 aliphatic carbocycles. The minimum absolute atomic E-state index is 0.0381. The van der Waals surface area contributed by atoms with Crippen molar-refractivity contribution in [1.82, 2.24) is 5.32 Å². The van der Waals surface area contributed by atoms with Gasteiger partial charge < -0.3 is 20.3 Å². The fourth-order valence-corrected chi connectivity index (χ4v) is 1.76. The molecule has 1 atom stereocenters. The van der Waals surface area contributed by atoms with Crippen LogP contribution >= 0.6 is 0 Å². The second kappa shape index (κ2) is 6.18. The average Bonchev–Trinajstić information content (AvgIpc) is 2.69. The van der Waals surface area contributed by atoms with Crippen LogP contribution in [0.5, 0.6) is 0 Å². The van der Waals surface area contributed by atoms with Crippen molar-refractivity contribution in [3.63, 3.8) is 0 Å². The molecule has 0 aromatic rings. The number of nitrogens with one attached hydrogen (secondary N) is 1. The molecule has 16 heavy (non-hydrogen) atoms. The summed E-state index contributed by atoms with van der Waals surface area (Å²) in [4.78, 5) is 10.6. The van der Waals surface area contributed by atoms with Gasteiger partial charge in [-0.2, -0.15) is 0 Å². The van der Waals surface area contributed by atoms with Gasteiger partial charge in [-0.1, -0.05) is 12.8 Å². The molecule has 5 heteroatoms. The monoisotopic (exact) mass is 231 g/mol. The Bertz CT molecular complexity index is 224. The van der Waals surface area contributed by atoms with E-state index in [4.69, 9.17) is 9.84 Å². The molecular formula is C11H21NO4. The quantitative estimate of drug-likeness (QED) is 0.552. The number of hydrogen-bond donors (Lipinski definition) is 3. The second-order valence-corrected chi connectivity index (χ2v) is 4.53. The molecule has 0 heterocycles. The molecule has 0 amide bonds. The molecule has 94 valence electrons. The topological polar surface area (TPSA) is 78.8 Å². The predicted octanol–water partition coefficient (Wildman–Crippen LogP) is 0.371. The van der Waals surface area contributed by atoms with E-state index in [1.165, 1.54) is 19.8 Å². The Hall–Kier alpha value is -0.650. The first-order valence-electron chi connectivity index (χ1n) is 5.80.